The lowest BCUT2D eigenvalue weighted by molar-refractivity contribution is -0.144. The van der Waals surface area contributed by atoms with Crippen LogP contribution >= 0.6 is 23.2 Å². The normalized spacial score (nSPS) is 26.4. The minimum absolute atomic E-state index is 0.0897. The van der Waals surface area contributed by atoms with Crippen LogP contribution in [0.25, 0.3) is 0 Å². The predicted octanol–water partition coefficient (Wildman–Crippen LogP) is 6.03. The molecule has 3 unspecified atom stereocenters. The van der Waals surface area contributed by atoms with E-state index in [-0.39, 0.29) is 18.5 Å². The first-order valence-electron chi connectivity index (χ1n) is 11.7. The minimum Gasteiger partial charge on any atom is -0.337 e. The number of benzene rings is 1. The van der Waals surface area contributed by atoms with Crippen molar-refractivity contribution in [3.63, 3.8) is 0 Å². The monoisotopic (exact) mass is 511 g/mol. The van der Waals surface area contributed by atoms with Crippen LogP contribution < -0.4 is 5.32 Å². The second kappa shape index (κ2) is 8.99. The van der Waals surface area contributed by atoms with Crippen LogP contribution in [-0.2, 0) is 30.5 Å². The van der Waals surface area contributed by atoms with Crippen LogP contribution in [0.15, 0.2) is 30.5 Å². The number of fused-ring (bicyclic) bond motifs is 2. The quantitative estimate of drug-likeness (QED) is 0.544. The lowest BCUT2D eigenvalue weighted by atomic mass is 9.78. The molecule has 1 aromatic heterocycles. The topological polar surface area (TPSA) is 45.2 Å². The van der Waals surface area contributed by atoms with Crippen molar-refractivity contribution < 1.29 is 18.0 Å². The second-order valence-corrected chi connectivity index (χ2v) is 10.6. The van der Waals surface area contributed by atoms with E-state index in [4.69, 9.17) is 23.2 Å². The number of carbonyl (C=O) groups is 1. The molecule has 2 heterocycles. The van der Waals surface area contributed by atoms with Crippen LogP contribution in [0, 0.1) is 11.3 Å². The Morgan fingerprint density at radius 3 is 2.85 bits per heavy atom. The van der Waals surface area contributed by atoms with E-state index >= 15 is 0 Å². The highest BCUT2D eigenvalue weighted by atomic mass is 35.5. The van der Waals surface area contributed by atoms with Gasteiger partial charge in [0.15, 0.2) is 0 Å². The molecule has 182 valence electrons. The van der Waals surface area contributed by atoms with E-state index in [1.54, 1.807) is 11.0 Å². The van der Waals surface area contributed by atoms with Gasteiger partial charge in [-0.25, -0.2) is 0 Å². The molecule has 0 spiro atoms. The van der Waals surface area contributed by atoms with Crippen LogP contribution in [0.4, 0.5) is 13.2 Å². The Bertz CT molecular complexity index is 1110. The Hall–Kier alpha value is -1.83. The minimum atomic E-state index is -4.44. The molecule has 1 amide bonds. The number of carbonyl (C=O) groups excluding carboxylic acids is 1. The van der Waals surface area contributed by atoms with E-state index in [0.717, 1.165) is 49.9 Å². The predicted molar refractivity (Wildman–Crippen MR) is 124 cm³/mol. The summed E-state index contributed by atoms with van der Waals surface area (Å²) >= 11 is 12.3. The Kier molecular flexibility index (Phi) is 6.32. The average molecular weight is 512 g/mol. The summed E-state index contributed by atoms with van der Waals surface area (Å²) in [5.41, 5.74) is 0.926. The summed E-state index contributed by atoms with van der Waals surface area (Å²) in [7, 11) is 0. The zero-order valence-electron chi connectivity index (χ0n) is 18.6. The second-order valence-electron chi connectivity index (χ2n) is 9.80. The first-order chi connectivity index (χ1) is 16.2. The number of aromatic nitrogens is 1. The molecular weight excluding hydrogens is 486 g/mol. The van der Waals surface area contributed by atoms with Gasteiger partial charge >= 0.3 is 6.18 Å². The largest absolute Gasteiger partial charge is 0.417 e. The van der Waals surface area contributed by atoms with Crippen LogP contribution in [0.1, 0.15) is 54.5 Å². The number of alkyl halides is 3. The number of rotatable bonds is 4. The summed E-state index contributed by atoms with van der Waals surface area (Å²) in [6.45, 7) is 1.29. The van der Waals surface area contributed by atoms with Crippen molar-refractivity contribution in [2.45, 2.75) is 63.8 Å². The molecule has 3 atom stereocenters. The van der Waals surface area contributed by atoms with Crippen LogP contribution in [-0.4, -0.2) is 28.4 Å². The fourth-order valence-electron chi connectivity index (χ4n) is 6.14. The Morgan fingerprint density at radius 2 is 2.09 bits per heavy atom. The van der Waals surface area contributed by atoms with Gasteiger partial charge in [-0.2, -0.15) is 13.2 Å². The maximum atomic E-state index is 13.8. The van der Waals surface area contributed by atoms with E-state index in [1.165, 1.54) is 0 Å². The number of amides is 1. The molecule has 0 bridgehead atoms. The number of hydrogen-bond acceptors (Lipinski definition) is 3. The van der Waals surface area contributed by atoms with Gasteiger partial charge in [-0.05, 0) is 60.9 Å². The van der Waals surface area contributed by atoms with Gasteiger partial charge in [-0.1, -0.05) is 35.7 Å². The number of nitrogens with zero attached hydrogens (tertiary/aromatic N) is 2. The molecule has 2 saturated carbocycles. The van der Waals surface area contributed by atoms with Crippen molar-refractivity contribution in [2.24, 2.45) is 11.3 Å². The molecule has 1 aliphatic heterocycles. The van der Waals surface area contributed by atoms with Crippen molar-refractivity contribution in [2.75, 3.05) is 6.54 Å². The molecule has 1 N–H and O–H groups in total. The van der Waals surface area contributed by atoms with Gasteiger partial charge in [0.25, 0.3) is 0 Å². The molecule has 3 aliphatic rings. The maximum Gasteiger partial charge on any atom is 0.417 e. The molecule has 5 rings (SSSR count). The molecule has 1 aromatic carbocycles. The third-order valence-corrected chi connectivity index (χ3v) is 8.40. The van der Waals surface area contributed by atoms with Gasteiger partial charge in [-0.3, -0.25) is 9.78 Å². The Balaban J connectivity index is 1.29. The van der Waals surface area contributed by atoms with Gasteiger partial charge in [0.05, 0.1) is 11.0 Å². The molecule has 2 aromatic rings. The molecule has 2 fully saturated rings. The highest BCUT2D eigenvalue weighted by Crippen LogP contribution is 2.55. The van der Waals surface area contributed by atoms with Crippen molar-refractivity contribution in [1.82, 2.24) is 15.2 Å². The number of pyridine rings is 1. The summed E-state index contributed by atoms with van der Waals surface area (Å²) in [6, 6.07) is 6.79. The van der Waals surface area contributed by atoms with Gasteiger partial charge in [0, 0.05) is 54.0 Å². The molecule has 0 radical (unpaired) electrons. The van der Waals surface area contributed by atoms with Gasteiger partial charge in [0.1, 0.15) is 0 Å². The zero-order valence-corrected chi connectivity index (χ0v) is 20.1. The van der Waals surface area contributed by atoms with E-state index in [9.17, 15) is 18.0 Å². The number of hydrogen-bond donors (Lipinski definition) is 1. The Morgan fingerprint density at radius 1 is 1.26 bits per heavy atom. The van der Waals surface area contributed by atoms with Crippen molar-refractivity contribution >= 4 is 29.1 Å². The third kappa shape index (κ3) is 4.42. The molecular formula is C25H26Cl2F3N3O. The average Bonchev–Trinajstić information content (AvgIpc) is 3.35. The molecule has 2 aliphatic carbocycles. The lowest BCUT2D eigenvalue weighted by Crippen LogP contribution is -2.46. The first-order valence-corrected chi connectivity index (χ1v) is 12.4. The Labute approximate surface area is 206 Å². The number of nitrogens with one attached hydrogen (secondary N) is 1. The van der Waals surface area contributed by atoms with Crippen molar-refractivity contribution in [1.29, 1.82) is 0 Å². The summed E-state index contributed by atoms with van der Waals surface area (Å²) in [5.74, 6) is 0.381. The maximum absolute atomic E-state index is 13.8. The van der Waals surface area contributed by atoms with Gasteiger partial charge in [-0.15, -0.1) is 0 Å². The van der Waals surface area contributed by atoms with Gasteiger partial charge in [0.2, 0.25) is 5.91 Å². The van der Waals surface area contributed by atoms with E-state index < -0.39 is 17.2 Å². The SMILES string of the molecule is O=C(N1CCc2ncc(C(F)(F)F)cc2C1)C12CCCC1CC(NCc1ccc(Cl)cc1Cl)C2. The van der Waals surface area contributed by atoms with Crippen LogP contribution in [0.3, 0.4) is 0 Å². The summed E-state index contributed by atoms with van der Waals surface area (Å²) in [5, 5.41) is 4.78. The van der Waals surface area contributed by atoms with Gasteiger partial charge < -0.3 is 10.2 Å². The highest BCUT2D eigenvalue weighted by molar-refractivity contribution is 6.35. The summed E-state index contributed by atoms with van der Waals surface area (Å²) in [4.78, 5) is 19.6. The molecule has 0 saturated heterocycles. The van der Waals surface area contributed by atoms with E-state index in [0.29, 0.717) is 46.7 Å². The molecule has 9 heteroatoms. The zero-order chi connectivity index (χ0) is 24.1. The lowest BCUT2D eigenvalue weighted by Gasteiger charge is -2.37. The highest BCUT2D eigenvalue weighted by Gasteiger charge is 2.56. The number of halogens is 5. The van der Waals surface area contributed by atoms with Crippen LogP contribution in [0.5, 0.6) is 0 Å². The fourth-order valence-corrected chi connectivity index (χ4v) is 6.61. The van der Waals surface area contributed by atoms with Crippen molar-refractivity contribution in [3.8, 4) is 0 Å². The summed E-state index contributed by atoms with van der Waals surface area (Å²) < 4.78 is 39.5. The summed E-state index contributed by atoms with van der Waals surface area (Å²) in [6.07, 6.45) is 1.44. The molecule has 4 nitrogen and oxygen atoms in total. The standard InChI is InChI=1S/C25H26Cl2F3N3O/c26-19-4-3-15(21(27)10-19)12-31-20-9-17-2-1-6-24(17,11-20)23(34)33-7-5-22-16(14-33)8-18(13-32-22)25(28,29)30/h3-4,8,10,13,17,20,31H,1-2,5-7,9,11-12,14H2. The van der Waals surface area contributed by atoms with Crippen LogP contribution in [0.2, 0.25) is 10.0 Å². The van der Waals surface area contributed by atoms with E-state index in [2.05, 4.69) is 10.3 Å². The smallest absolute Gasteiger partial charge is 0.337 e. The molecule has 34 heavy (non-hydrogen) atoms. The fraction of sp³-hybridized carbons (Fsp3) is 0.520. The van der Waals surface area contributed by atoms with Crippen molar-refractivity contribution in [3.05, 3.63) is 62.9 Å². The van der Waals surface area contributed by atoms with E-state index in [1.807, 2.05) is 12.1 Å². The first kappa shape index (κ1) is 23.9. The third-order valence-electron chi connectivity index (χ3n) is 7.81.